The van der Waals surface area contributed by atoms with Crippen molar-refractivity contribution in [1.82, 2.24) is 4.31 Å². The fourth-order valence-corrected chi connectivity index (χ4v) is 3.34. The molecule has 8 heteroatoms. The van der Waals surface area contributed by atoms with E-state index in [1.54, 1.807) is 19.9 Å². The van der Waals surface area contributed by atoms with Crippen LogP contribution in [-0.4, -0.2) is 65.2 Å². The van der Waals surface area contributed by atoms with Gasteiger partial charge in [-0.25, -0.2) is 17.5 Å². The highest BCUT2D eigenvalue weighted by Gasteiger charge is 2.25. The van der Waals surface area contributed by atoms with E-state index in [-0.39, 0.29) is 16.6 Å². The van der Waals surface area contributed by atoms with E-state index in [1.807, 2.05) is 4.90 Å². The van der Waals surface area contributed by atoms with E-state index in [0.29, 0.717) is 32.0 Å². The van der Waals surface area contributed by atoms with Crippen molar-refractivity contribution >= 4 is 21.7 Å². The second kappa shape index (κ2) is 7.50. The summed E-state index contributed by atoms with van der Waals surface area (Å²) in [4.78, 5) is 14.6. The molecule has 0 amide bonds. The van der Waals surface area contributed by atoms with Gasteiger partial charge in [0.2, 0.25) is 10.0 Å². The number of hydrogen-bond acceptors (Lipinski definition) is 6. The number of carbonyl (C=O) groups is 1. The summed E-state index contributed by atoms with van der Waals surface area (Å²) >= 11 is 0. The van der Waals surface area contributed by atoms with Gasteiger partial charge < -0.3 is 14.4 Å². The number of anilines is 1. The third-order valence-corrected chi connectivity index (χ3v) is 5.47. The Bertz CT molecular complexity index is 694. The molecule has 1 heterocycles. The number of hydrogen-bond donors (Lipinski definition) is 0. The zero-order valence-electron chi connectivity index (χ0n) is 14.5. The SMILES string of the molecule is CC(C)OC(=O)c1cc(S(=O)(=O)N(C)C)ccc1N1CCOCC1. The van der Waals surface area contributed by atoms with Gasteiger partial charge in [0.1, 0.15) is 0 Å². The average Bonchev–Trinajstić information content (AvgIpc) is 2.54. The molecule has 1 saturated heterocycles. The molecular weight excluding hydrogens is 332 g/mol. The van der Waals surface area contributed by atoms with Gasteiger partial charge in [0.05, 0.1) is 35.5 Å². The maximum Gasteiger partial charge on any atom is 0.340 e. The molecule has 0 bridgehead atoms. The topological polar surface area (TPSA) is 76.2 Å². The summed E-state index contributed by atoms with van der Waals surface area (Å²) in [6.07, 6.45) is -0.288. The highest BCUT2D eigenvalue weighted by molar-refractivity contribution is 7.89. The molecule has 0 saturated carbocycles. The van der Waals surface area contributed by atoms with Crippen molar-refractivity contribution in [3.05, 3.63) is 23.8 Å². The minimum Gasteiger partial charge on any atom is -0.459 e. The predicted octanol–water partition coefficient (Wildman–Crippen LogP) is 1.34. The van der Waals surface area contributed by atoms with Crippen LogP contribution < -0.4 is 4.90 Å². The molecule has 1 aliphatic rings. The van der Waals surface area contributed by atoms with Gasteiger partial charge in [-0.3, -0.25) is 0 Å². The Labute approximate surface area is 143 Å². The lowest BCUT2D eigenvalue weighted by atomic mass is 10.1. The Morgan fingerprint density at radius 1 is 1.25 bits per heavy atom. The molecule has 1 aliphatic heterocycles. The molecule has 0 spiro atoms. The first kappa shape index (κ1) is 18.7. The Morgan fingerprint density at radius 2 is 1.88 bits per heavy atom. The van der Waals surface area contributed by atoms with Gasteiger partial charge >= 0.3 is 5.97 Å². The molecule has 7 nitrogen and oxygen atoms in total. The van der Waals surface area contributed by atoms with Crippen LogP contribution in [0.2, 0.25) is 0 Å². The van der Waals surface area contributed by atoms with E-state index in [4.69, 9.17) is 9.47 Å². The first-order chi connectivity index (χ1) is 11.2. The van der Waals surface area contributed by atoms with Gasteiger partial charge in [0, 0.05) is 27.2 Å². The van der Waals surface area contributed by atoms with Crippen molar-refractivity contribution in [2.75, 3.05) is 45.3 Å². The number of sulfonamides is 1. The largest absolute Gasteiger partial charge is 0.459 e. The summed E-state index contributed by atoms with van der Waals surface area (Å²) in [6, 6.07) is 4.58. The summed E-state index contributed by atoms with van der Waals surface area (Å²) in [5.41, 5.74) is 0.926. The zero-order chi connectivity index (χ0) is 17.9. The lowest BCUT2D eigenvalue weighted by Crippen LogP contribution is -2.37. The van der Waals surface area contributed by atoms with Crippen molar-refractivity contribution in [2.24, 2.45) is 0 Å². The number of ether oxygens (including phenoxy) is 2. The molecule has 1 aromatic carbocycles. The van der Waals surface area contributed by atoms with E-state index in [2.05, 4.69) is 0 Å². The first-order valence-corrected chi connectivity index (χ1v) is 9.27. The highest BCUT2D eigenvalue weighted by Crippen LogP contribution is 2.27. The van der Waals surface area contributed by atoms with Crippen LogP contribution >= 0.6 is 0 Å². The minimum atomic E-state index is -3.63. The van der Waals surface area contributed by atoms with E-state index in [0.717, 1.165) is 4.31 Å². The van der Waals surface area contributed by atoms with E-state index in [1.165, 1.54) is 26.2 Å². The van der Waals surface area contributed by atoms with E-state index >= 15 is 0 Å². The summed E-state index contributed by atoms with van der Waals surface area (Å²) < 4.78 is 36.5. The molecular formula is C16H24N2O5S. The number of nitrogens with zero attached hydrogens (tertiary/aromatic N) is 2. The van der Waals surface area contributed by atoms with Crippen molar-refractivity contribution in [3.63, 3.8) is 0 Å². The normalized spacial score (nSPS) is 15.8. The van der Waals surface area contributed by atoms with Gasteiger partial charge in [-0.15, -0.1) is 0 Å². The summed E-state index contributed by atoms with van der Waals surface area (Å²) in [6.45, 7) is 5.93. The molecule has 0 radical (unpaired) electrons. The second-order valence-electron chi connectivity index (χ2n) is 6.02. The predicted molar refractivity (Wildman–Crippen MR) is 90.9 cm³/mol. The van der Waals surface area contributed by atoms with E-state index < -0.39 is 16.0 Å². The van der Waals surface area contributed by atoms with Crippen molar-refractivity contribution < 1.29 is 22.7 Å². The molecule has 2 rings (SSSR count). The number of esters is 1. The quantitative estimate of drug-likeness (QED) is 0.741. The summed E-state index contributed by atoms with van der Waals surface area (Å²) in [5, 5.41) is 0. The standard InChI is InChI=1S/C16H24N2O5S/c1-12(2)23-16(19)14-11-13(24(20,21)17(3)4)5-6-15(14)18-7-9-22-10-8-18/h5-6,11-12H,7-10H2,1-4H3. The van der Waals surface area contributed by atoms with Crippen molar-refractivity contribution in [2.45, 2.75) is 24.8 Å². The number of carbonyl (C=O) groups excluding carboxylic acids is 1. The van der Waals surface area contributed by atoms with Crippen LogP contribution in [0.25, 0.3) is 0 Å². The van der Waals surface area contributed by atoms with Gasteiger partial charge in [0.15, 0.2) is 0 Å². The molecule has 0 N–H and O–H groups in total. The molecule has 0 atom stereocenters. The number of morpholine rings is 1. The van der Waals surface area contributed by atoms with Crippen LogP contribution in [0, 0.1) is 0 Å². The average molecular weight is 356 g/mol. The third kappa shape index (κ3) is 4.06. The molecule has 1 aromatic rings. The van der Waals surface area contributed by atoms with Crippen LogP contribution in [0.15, 0.2) is 23.1 Å². The van der Waals surface area contributed by atoms with Gasteiger partial charge in [-0.1, -0.05) is 0 Å². The highest BCUT2D eigenvalue weighted by atomic mass is 32.2. The second-order valence-corrected chi connectivity index (χ2v) is 8.17. The van der Waals surface area contributed by atoms with Crippen LogP contribution in [0.1, 0.15) is 24.2 Å². The van der Waals surface area contributed by atoms with Crippen LogP contribution in [0.5, 0.6) is 0 Å². The Hall–Kier alpha value is -1.64. The lowest BCUT2D eigenvalue weighted by molar-refractivity contribution is 0.0377. The first-order valence-electron chi connectivity index (χ1n) is 7.83. The molecule has 0 unspecified atom stereocenters. The third-order valence-electron chi connectivity index (χ3n) is 3.66. The summed E-state index contributed by atoms with van der Waals surface area (Å²) in [5.74, 6) is -0.526. The van der Waals surface area contributed by atoms with Gasteiger partial charge in [-0.2, -0.15) is 0 Å². The van der Waals surface area contributed by atoms with Crippen LogP contribution in [0.3, 0.4) is 0 Å². The van der Waals surface area contributed by atoms with Crippen LogP contribution in [-0.2, 0) is 19.5 Å². The zero-order valence-corrected chi connectivity index (χ0v) is 15.3. The maximum atomic E-state index is 12.5. The Morgan fingerprint density at radius 3 is 2.42 bits per heavy atom. The van der Waals surface area contributed by atoms with Gasteiger partial charge in [0.25, 0.3) is 0 Å². The van der Waals surface area contributed by atoms with Crippen molar-refractivity contribution in [3.8, 4) is 0 Å². The Kier molecular flexibility index (Phi) is 5.84. The molecule has 0 aliphatic carbocycles. The summed E-state index contributed by atoms with van der Waals surface area (Å²) in [7, 11) is -0.715. The number of benzene rings is 1. The molecule has 1 fully saturated rings. The smallest absolute Gasteiger partial charge is 0.340 e. The van der Waals surface area contributed by atoms with Crippen molar-refractivity contribution in [1.29, 1.82) is 0 Å². The van der Waals surface area contributed by atoms with Gasteiger partial charge in [-0.05, 0) is 32.0 Å². The lowest BCUT2D eigenvalue weighted by Gasteiger charge is -2.30. The van der Waals surface area contributed by atoms with E-state index in [9.17, 15) is 13.2 Å². The monoisotopic (exact) mass is 356 g/mol. The molecule has 0 aromatic heterocycles. The fourth-order valence-electron chi connectivity index (χ4n) is 2.41. The Balaban J connectivity index is 2.49. The molecule has 134 valence electrons. The maximum absolute atomic E-state index is 12.5. The fraction of sp³-hybridized carbons (Fsp3) is 0.562. The number of rotatable bonds is 5. The molecule has 24 heavy (non-hydrogen) atoms. The van der Waals surface area contributed by atoms with Crippen LogP contribution in [0.4, 0.5) is 5.69 Å². The minimum absolute atomic E-state index is 0.0696.